The van der Waals surface area contributed by atoms with Gasteiger partial charge in [0.25, 0.3) is 0 Å². The second-order valence-corrected chi connectivity index (χ2v) is 4.87. The molecule has 0 aliphatic heterocycles. The molecule has 1 heterocycles. The van der Waals surface area contributed by atoms with E-state index < -0.39 is 5.97 Å². The Morgan fingerprint density at radius 1 is 1.20 bits per heavy atom. The molecule has 0 bridgehead atoms. The van der Waals surface area contributed by atoms with Gasteiger partial charge in [-0.05, 0) is 36.2 Å². The first kappa shape index (κ1) is 14.6. The summed E-state index contributed by atoms with van der Waals surface area (Å²) in [6.45, 7) is 0.600. The number of rotatable bonds is 5. The summed E-state index contributed by atoms with van der Waals surface area (Å²) < 4.78 is 0. The number of carboxylic acids is 1. The SMILES string of the molecule is O=C(O)c1ccc(NCCc2ccc(Cl)cc2Cl)nn1. The van der Waals surface area contributed by atoms with Crippen molar-refractivity contribution >= 4 is 35.0 Å². The minimum absolute atomic E-state index is 0.0868. The lowest BCUT2D eigenvalue weighted by molar-refractivity contribution is 0.0689. The van der Waals surface area contributed by atoms with Crippen LogP contribution in [0.15, 0.2) is 30.3 Å². The molecule has 2 rings (SSSR count). The second-order valence-electron chi connectivity index (χ2n) is 4.02. The number of carboxylic acid groups (broad SMARTS) is 1. The van der Waals surface area contributed by atoms with E-state index in [0.717, 1.165) is 5.56 Å². The smallest absolute Gasteiger partial charge is 0.356 e. The van der Waals surface area contributed by atoms with Crippen LogP contribution >= 0.6 is 23.2 Å². The summed E-state index contributed by atoms with van der Waals surface area (Å²) in [6.07, 6.45) is 0.693. The molecule has 0 fully saturated rings. The highest BCUT2D eigenvalue weighted by Gasteiger charge is 2.05. The first-order chi connectivity index (χ1) is 9.56. The molecule has 7 heteroatoms. The highest BCUT2D eigenvalue weighted by Crippen LogP contribution is 2.21. The van der Waals surface area contributed by atoms with E-state index in [4.69, 9.17) is 28.3 Å². The molecule has 0 spiro atoms. The molecule has 0 aliphatic rings. The average molecular weight is 312 g/mol. The fourth-order valence-corrected chi connectivity index (χ4v) is 2.09. The molecule has 0 atom stereocenters. The van der Waals surface area contributed by atoms with Crippen molar-refractivity contribution in [1.29, 1.82) is 0 Å². The maximum Gasteiger partial charge on any atom is 0.356 e. The van der Waals surface area contributed by atoms with Crippen molar-refractivity contribution in [3.05, 3.63) is 51.6 Å². The molecular formula is C13H11Cl2N3O2. The normalized spacial score (nSPS) is 10.3. The van der Waals surface area contributed by atoms with Crippen molar-refractivity contribution < 1.29 is 9.90 Å². The van der Waals surface area contributed by atoms with Crippen LogP contribution in [0.3, 0.4) is 0 Å². The number of halogens is 2. The van der Waals surface area contributed by atoms with Gasteiger partial charge >= 0.3 is 5.97 Å². The van der Waals surface area contributed by atoms with E-state index in [1.807, 2.05) is 6.07 Å². The number of carbonyl (C=O) groups is 1. The molecule has 0 unspecified atom stereocenters. The molecule has 20 heavy (non-hydrogen) atoms. The van der Waals surface area contributed by atoms with Gasteiger partial charge in [0.2, 0.25) is 0 Å². The average Bonchev–Trinajstić information content (AvgIpc) is 2.42. The van der Waals surface area contributed by atoms with Gasteiger partial charge in [-0.3, -0.25) is 0 Å². The summed E-state index contributed by atoms with van der Waals surface area (Å²) in [7, 11) is 0. The Morgan fingerprint density at radius 3 is 2.60 bits per heavy atom. The highest BCUT2D eigenvalue weighted by atomic mass is 35.5. The van der Waals surface area contributed by atoms with E-state index in [9.17, 15) is 4.79 Å². The molecule has 0 saturated heterocycles. The van der Waals surface area contributed by atoms with Gasteiger partial charge in [0.1, 0.15) is 5.82 Å². The van der Waals surface area contributed by atoms with Crippen LogP contribution in [0.1, 0.15) is 16.1 Å². The van der Waals surface area contributed by atoms with Gasteiger partial charge in [0.15, 0.2) is 5.69 Å². The Hall–Kier alpha value is -1.85. The zero-order valence-corrected chi connectivity index (χ0v) is 11.8. The van der Waals surface area contributed by atoms with E-state index in [2.05, 4.69) is 15.5 Å². The van der Waals surface area contributed by atoms with Gasteiger partial charge in [0.05, 0.1) is 0 Å². The quantitative estimate of drug-likeness (QED) is 0.887. The summed E-state index contributed by atoms with van der Waals surface area (Å²) in [6, 6.07) is 8.31. The minimum Gasteiger partial charge on any atom is -0.476 e. The Balaban J connectivity index is 1.91. The van der Waals surface area contributed by atoms with Crippen LogP contribution in [-0.2, 0) is 6.42 Å². The fraction of sp³-hybridized carbons (Fsp3) is 0.154. The highest BCUT2D eigenvalue weighted by molar-refractivity contribution is 6.35. The summed E-state index contributed by atoms with van der Waals surface area (Å²) in [5.41, 5.74) is 0.884. The lowest BCUT2D eigenvalue weighted by Gasteiger charge is -2.07. The van der Waals surface area contributed by atoms with Crippen LogP contribution < -0.4 is 5.32 Å². The Bertz CT molecular complexity index is 618. The molecule has 0 amide bonds. The number of nitrogens with one attached hydrogen (secondary N) is 1. The molecule has 2 aromatic rings. The van der Waals surface area contributed by atoms with Crippen molar-refractivity contribution in [2.45, 2.75) is 6.42 Å². The Kier molecular flexibility index (Phi) is 4.76. The van der Waals surface area contributed by atoms with Gasteiger partial charge < -0.3 is 10.4 Å². The van der Waals surface area contributed by atoms with Crippen LogP contribution in [0.5, 0.6) is 0 Å². The maximum atomic E-state index is 10.6. The third-order valence-corrected chi connectivity index (χ3v) is 3.19. The van der Waals surface area contributed by atoms with Crippen molar-refractivity contribution in [2.75, 3.05) is 11.9 Å². The number of hydrogen-bond acceptors (Lipinski definition) is 4. The second kappa shape index (κ2) is 6.54. The lowest BCUT2D eigenvalue weighted by Crippen LogP contribution is -2.09. The molecular weight excluding hydrogens is 301 g/mol. The molecule has 5 nitrogen and oxygen atoms in total. The van der Waals surface area contributed by atoms with Crippen molar-refractivity contribution in [3.63, 3.8) is 0 Å². The van der Waals surface area contributed by atoms with Crippen LogP contribution in [0, 0.1) is 0 Å². The van der Waals surface area contributed by atoms with Crippen LogP contribution in [0.4, 0.5) is 5.82 Å². The molecule has 0 aliphatic carbocycles. The third-order valence-electron chi connectivity index (χ3n) is 2.60. The topological polar surface area (TPSA) is 75.1 Å². The first-order valence-electron chi connectivity index (χ1n) is 5.81. The molecule has 2 N–H and O–H groups in total. The molecule has 104 valence electrons. The molecule has 0 radical (unpaired) electrons. The minimum atomic E-state index is -1.10. The van der Waals surface area contributed by atoms with E-state index in [1.54, 1.807) is 18.2 Å². The largest absolute Gasteiger partial charge is 0.476 e. The molecule has 1 aromatic heterocycles. The van der Waals surface area contributed by atoms with Gasteiger partial charge in [0, 0.05) is 16.6 Å². The fourth-order valence-electron chi connectivity index (χ4n) is 1.59. The maximum absolute atomic E-state index is 10.6. The van der Waals surface area contributed by atoms with Crippen molar-refractivity contribution in [3.8, 4) is 0 Å². The van der Waals surface area contributed by atoms with Crippen LogP contribution in [0.2, 0.25) is 10.0 Å². The van der Waals surface area contributed by atoms with Gasteiger partial charge in [-0.25, -0.2) is 4.79 Å². The van der Waals surface area contributed by atoms with Crippen molar-refractivity contribution in [1.82, 2.24) is 10.2 Å². The van der Waals surface area contributed by atoms with Gasteiger partial charge in [-0.1, -0.05) is 29.3 Å². The summed E-state index contributed by atoms with van der Waals surface area (Å²) in [5, 5.41) is 20.3. The zero-order valence-electron chi connectivity index (χ0n) is 10.3. The van der Waals surface area contributed by atoms with Gasteiger partial charge in [-0.15, -0.1) is 10.2 Å². The number of anilines is 1. The van der Waals surface area contributed by atoms with Crippen LogP contribution in [0.25, 0.3) is 0 Å². The van der Waals surface area contributed by atoms with Crippen LogP contribution in [-0.4, -0.2) is 27.8 Å². The Morgan fingerprint density at radius 2 is 2.00 bits per heavy atom. The predicted molar refractivity (Wildman–Crippen MR) is 77.6 cm³/mol. The third kappa shape index (κ3) is 3.82. The van der Waals surface area contributed by atoms with E-state index in [1.165, 1.54) is 6.07 Å². The van der Waals surface area contributed by atoms with Crippen molar-refractivity contribution in [2.24, 2.45) is 0 Å². The number of benzene rings is 1. The van der Waals surface area contributed by atoms with Gasteiger partial charge in [-0.2, -0.15) is 0 Å². The lowest BCUT2D eigenvalue weighted by atomic mass is 10.1. The number of hydrogen-bond donors (Lipinski definition) is 2. The Labute approximate surface area is 125 Å². The summed E-state index contributed by atoms with van der Waals surface area (Å²) in [5.74, 6) is -0.586. The summed E-state index contributed by atoms with van der Waals surface area (Å²) >= 11 is 11.9. The number of aromatic carboxylic acids is 1. The molecule has 1 aromatic carbocycles. The van der Waals surface area contributed by atoms with E-state index >= 15 is 0 Å². The van der Waals surface area contributed by atoms with E-state index in [-0.39, 0.29) is 5.69 Å². The zero-order chi connectivity index (χ0) is 14.5. The monoisotopic (exact) mass is 311 g/mol. The number of nitrogens with zero attached hydrogens (tertiary/aromatic N) is 2. The van der Waals surface area contributed by atoms with E-state index in [0.29, 0.717) is 28.8 Å². The first-order valence-corrected chi connectivity index (χ1v) is 6.56. The number of aromatic nitrogens is 2. The predicted octanol–water partition coefficient (Wildman–Crippen LogP) is 3.14. The standard InChI is InChI=1S/C13H11Cl2N3O2/c14-9-2-1-8(10(15)7-9)5-6-16-12-4-3-11(13(19)20)17-18-12/h1-4,7H,5-6H2,(H,16,18)(H,19,20). The summed E-state index contributed by atoms with van der Waals surface area (Å²) in [4.78, 5) is 10.6. The molecule has 0 saturated carbocycles.